The lowest BCUT2D eigenvalue weighted by atomic mass is 10.0. The van der Waals surface area contributed by atoms with Crippen LogP contribution in [-0.4, -0.2) is 34.9 Å². The van der Waals surface area contributed by atoms with Crippen molar-refractivity contribution in [3.8, 4) is 0 Å². The fourth-order valence-corrected chi connectivity index (χ4v) is 5.35. The Hall–Kier alpha value is -1.13. The molecule has 0 aromatic heterocycles. The molecule has 0 heterocycles. The zero-order valence-electron chi connectivity index (χ0n) is 27.6. The van der Waals surface area contributed by atoms with Gasteiger partial charge >= 0.3 is 0 Å². The molecule has 0 spiro atoms. The maximum atomic E-state index is 12.3. The molecule has 242 valence electrons. The van der Waals surface area contributed by atoms with Gasteiger partial charge in [-0.1, -0.05) is 160 Å². The van der Waals surface area contributed by atoms with Crippen LogP contribution >= 0.6 is 0 Å². The van der Waals surface area contributed by atoms with Crippen molar-refractivity contribution in [1.29, 1.82) is 0 Å². The molecule has 0 bridgehead atoms. The molecular formula is C37H71NO3. The van der Waals surface area contributed by atoms with Crippen molar-refractivity contribution in [1.82, 2.24) is 5.32 Å². The number of allylic oxidation sites excluding steroid dienone is 3. The van der Waals surface area contributed by atoms with Crippen molar-refractivity contribution >= 4 is 5.91 Å². The Morgan fingerprint density at radius 1 is 0.561 bits per heavy atom. The molecule has 0 aliphatic heterocycles. The van der Waals surface area contributed by atoms with Crippen molar-refractivity contribution in [3.05, 3.63) is 24.3 Å². The molecule has 0 aromatic rings. The molecule has 4 heteroatoms. The van der Waals surface area contributed by atoms with Crippen LogP contribution in [0.25, 0.3) is 0 Å². The van der Waals surface area contributed by atoms with Crippen LogP contribution in [0.3, 0.4) is 0 Å². The van der Waals surface area contributed by atoms with E-state index in [-0.39, 0.29) is 12.5 Å². The fourth-order valence-electron chi connectivity index (χ4n) is 5.35. The van der Waals surface area contributed by atoms with E-state index in [9.17, 15) is 15.0 Å². The summed E-state index contributed by atoms with van der Waals surface area (Å²) in [5.74, 6) is -0.0742. The van der Waals surface area contributed by atoms with Crippen molar-refractivity contribution in [3.63, 3.8) is 0 Å². The fraction of sp³-hybridized carbons (Fsp3) is 0.865. The topological polar surface area (TPSA) is 69.6 Å². The predicted molar refractivity (Wildman–Crippen MR) is 179 cm³/mol. The van der Waals surface area contributed by atoms with E-state index < -0.39 is 12.1 Å². The first-order valence-electron chi connectivity index (χ1n) is 18.1. The highest BCUT2D eigenvalue weighted by Crippen LogP contribution is 2.14. The normalized spacial score (nSPS) is 13.4. The average Bonchev–Trinajstić information content (AvgIpc) is 2.97. The largest absolute Gasteiger partial charge is 0.394 e. The summed E-state index contributed by atoms with van der Waals surface area (Å²) in [6.45, 7) is 4.28. The number of amides is 1. The van der Waals surface area contributed by atoms with Crippen LogP contribution in [0, 0.1) is 0 Å². The smallest absolute Gasteiger partial charge is 0.220 e. The van der Waals surface area contributed by atoms with Crippen LogP contribution in [-0.2, 0) is 4.79 Å². The van der Waals surface area contributed by atoms with Gasteiger partial charge in [-0.15, -0.1) is 0 Å². The molecule has 2 unspecified atom stereocenters. The van der Waals surface area contributed by atoms with Gasteiger partial charge in [0.25, 0.3) is 0 Å². The van der Waals surface area contributed by atoms with Gasteiger partial charge in [0.15, 0.2) is 0 Å². The first-order valence-corrected chi connectivity index (χ1v) is 18.1. The Kier molecular flexibility index (Phi) is 32.5. The minimum Gasteiger partial charge on any atom is -0.394 e. The summed E-state index contributed by atoms with van der Waals surface area (Å²) < 4.78 is 0. The quantitative estimate of drug-likeness (QED) is 0.0550. The maximum absolute atomic E-state index is 12.3. The summed E-state index contributed by atoms with van der Waals surface area (Å²) in [5, 5.41) is 22.9. The number of carbonyl (C=O) groups excluding carboxylic acids is 1. The van der Waals surface area contributed by atoms with Gasteiger partial charge < -0.3 is 15.5 Å². The number of aliphatic hydroxyl groups excluding tert-OH is 2. The Morgan fingerprint density at radius 2 is 0.927 bits per heavy atom. The molecule has 0 aliphatic rings. The Labute approximate surface area is 256 Å². The minimum atomic E-state index is -0.838. The van der Waals surface area contributed by atoms with Crippen LogP contribution in [0.15, 0.2) is 24.3 Å². The van der Waals surface area contributed by atoms with Gasteiger partial charge in [-0.2, -0.15) is 0 Å². The summed E-state index contributed by atoms with van der Waals surface area (Å²) in [7, 11) is 0. The third-order valence-electron chi connectivity index (χ3n) is 8.18. The zero-order chi connectivity index (χ0) is 30.1. The molecule has 41 heavy (non-hydrogen) atoms. The van der Waals surface area contributed by atoms with Gasteiger partial charge in [-0.05, 0) is 44.9 Å². The molecule has 0 saturated carbocycles. The number of nitrogens with one attached hydrogen (secondary N) is 1. The average molecular weight is 578 g/mol. The number of hydrogen-bond donors (Lipinski definition) is 3. The number of rotatable bonds is 32. The summed E-state index contributed by atoms with van der Waals surface area (Å²) in [6.07, 6.45) is 41.1. The van der Waals surface area contributed by atoms with E-state index in [1.807, 2.05) is 6.08 Å². The lowest BCUT2D eigenvalue weighted by molar-refractivity contribution is -0.123. The van der Waals surface area contributed by atoms with E-state index >= 15 is 0 Å². The molecule has 0 radical (unpaired) electrons. The number of unbranched alkanes of at least 4 members (excludes halogenated alkanes) is 23. The maximum Gasteiger partial charge on any atom is 0.220 e. The van der Waals surface area contributed by atoms with Gasteiger partial charge in [0.2, 0.25) is 5.91 Å². The summed E-state index contributed by atoms with van der Waals surface area (Å²) >= 11 is 0. The molecule has 0 aromatic carbocycles. The number of carbonyl (C=O) groups is 1. The molecule has 0 fully saturated rings. The lowest BCUT2D eigenvalue weighted by Crippen LogP contribution is -2.45. The third kappa shape index (κ3) is 30.1. The van der Waals surface area contributed by atoms with E-state index in [0.717, 1.165) is 32.1 Å². The van der Waals surface area contributed by atoms with Gasteiger partial charge in [-0.25, -0.2) is 0 Å². The first-order chi connectivity index (χ1) is 20.2. The van der Waals surface area contributed by atoms with Gasteiger partial charge in [0.1, 0.15) is 0 Å². The molecule has 0 rings (SSSR count). The van der Waals surface area contributed by atoms with Crippen LogP contribution < -0.4 is 5.32 Å². The van der Waals surface area contributed by atoms with Crippen molar-refractivity contribution in [2.24, 2.45) is 0 Å². The first kappa shape index (κ1) is 39.9. The van der Waals surface area contributed by atoms with Gasteiger partial charge in [0, 0.05) is 6.42 Å². The van der Waals surface area contributed by atoms with Crippen molar-refractivity contribution in [2.75, 3.05) is 6.61 Å². The SMILES string of the molecule is CCCCCCC/C=C\CCCCCCCC(=O)NC(CO)C(O)/C=C/CCCCCCCCCCCCCCC. The van der Waals surface area contributed by atoms with E-state index in [4.69, 9.17) is 0 Å². The van der Waals surface area contributed by atoms with Crippen LogP contribution in [0.1, 0.15) is 187 Å². The monoisotopic (exact) mass is 578 g/mol. The van der Waals surface area contributed by atoms with Crippen molar-refractivity contribution < 1.29 is 15.0 Å². The van der Waals surface area contributed by atoms with Gasteiger partial charge in [0.05, 0.1) is 18.8 Å². The molecule has 3 N–H and O–H groups in total. The molecular weight excluding hydrogens is 506 g/mol. The number of hydrogen-bond acceptors (Lipinski definition) is 3. The second-order valence-electron chi connectivity index (χ2n) is 12.3. The highest BCUT2D eigenvalue weighted by atomic mass is 16.3. The van der Waals surface area contributed by atoms with E-state index in [1.54, 1.807) is 6.08 Å². The summed E-state index contributed by atoms with van der Waals surface area (Å²) in [4.78, 5) is 12.3. The summed E-state index contributed by atoms with van der Waals surface area (Å²) in [6, 6.07) is -0.621. The predicted octanol–water partition coefficient (Wildman–Crippen LogP) is 10.5. The molecule has 2 atom stereocenters. The molecule has 0 aliphatic carbocycles. The second kappa shape index (κ2) is 33.4. The van der Waals surface area contributed by atoms with E-state index in [2.05, 4.69) is 31.3 Å². The van der Waals surface area contributed by atoms with Crippen LogP contribution in [0.5, 0.6) is 0 Å². The van der Waals surface area contributed by atoms with E-state index in [0.29, 0.717) is 6.42 Å². The standard InChI is InChI=1S/C37H71NO3/c1-3-5-7-9-11-13-15-17-19-20-22-24-26-28-30-32-36(40)35(34-39)38-37(41)33-31-29-27-25-23-21-18-16-14-12-10-8-6-4-2/h16,18,30,32,35-36,39-40H,3-15,17,19-29,31,33-34H2,1-2H3,(H,38,41)/b18-16-,32-30+. The van der Waals surface area contributed by atoms with Crippen molar-refractivity contribution in [2.45, 2.75) is 199 Å². The van der Waals surface area contributed by atoms with E-state index in [1.165, 1.54) is 135 Å². The molecule has 4 nitrogen and oxygen atoms in total. The van der Waals surface area contributed by atoms with Crippen LogP contribution in [0.2, 0.25) is 0 Å². The Bertz CT molecular complexity index is 589. The minimum absolute atomic E-state index is 0.0742. The van der Waals surface area contributed by atoms with Crippen LogP contribution in [0.4, 0.5) is 0 Å². The second-order valence-corrected chi connectivity index (χ2v) is 12.3. The Balaban J connectivity index is 3.64. The van der Waals surface area contributed by atoms with Gasteiger partial charge in [-0.3, -0.25) is 4.79 Å². The highest BCUT2D eigenvalue weighted by molar-refractivity contribution is 5.76. The summed E-state index contributed by atoms with van der Waals surface area (Å²) in [5.41, 5.74) is 0. The molecule has 0 saturated heterocycles. The zero-order valence-corrected chi connectivity index (χ0v) is 27.6. The highest BCUT2D eigenvalue weighted by Gasteiger charge is 2.17. The lowest BCUT2D eigenvalue weighted by Gasteiger charge is -2.20. The molecule has 1 amide bonds. The third-order valence-corrected chi connectivity index (χ3v) is 8.18. The number of aliphatic hydroxyl groups is 2. The Morgan fingerprint density at radius 3 is 1.34 bits per heavy atom.